The van der Waals surface area contributed by atoms with Gasteiger partial charge in [0.05, 0.1) is 6.04 Å². The van der Waals surface area contributed by atoms with Gasteiger partial charge in [-0.3, -0.25) is 4.79 Å². The highest BCUT2D eigenvalue weighted by atomic mass is 35.5. The normalized spacial score (nSPS) is 25.9. The minimum Gasteiger partial charge on any atom is -0.341 e. The predicted octanol–water partition coefficient (Wildman–Crippen LogP) is 2.44. The SMILES string of the molecule is CC(C)(C)C1CCN(C(=O)[C@@H]2CCCN2)CC1.Cl. The quantitative estimate of drug-likeness (QED) is 0.797. The van der Waals surface area contributed by atoms with Gasteiger partial charge in [0.1, 0.15) is 0 Å². The maximum Gasteiger partial charge on any atom is 0.239 e. The summed E-state index contributed by atoms with van der Waals surface area (Å²) in [4.78, 5) is 14.3. The first kappa shape index (κ1) is 15.8. The van der Waals surface area contributed by atoms with Crippen LogP contribution in [0.3, 0.4) is 0 Å². The van der Waals surface area contributed by atoms with Crippen LogP contribution in [0.25, 0.3) is 0 Å². The Balaban J connectivity index is 0.00000162. The number of nitrogens with zero attached hydrogens (tertiary/aromatic N) is 1. The summed E-state index contributed by atoms with van der Waals surface area (Å²) < 4.78 is 0. The van der Waals surface area contributed by atoms with E-state index in [0.717, 1.165) is 38.4 Å². The highest BCUT2D eigenvalue weighted by molar-refractivity contribution is 5.85. The number of carbonyl (C=O) groups is 1. The summed E-state index contributed by atoms with van der Waals surface area (Å²) in [5.41, 5.74) is 0.390. The Labute approximate surface area is 117 Å². The zero-order valence-corrected chi connectivity index (χ0v) is 12.7. The lowest BCUT2D eigenvalue weighted by molar-refractivity contribution is -0.135. The standard InChI is InChI=1S/C14H26N2O.ClH/c1-14(2,3)11-6-9-16(10-7-11)13(17)12-5-4-8-15-12;/h11-12,15H,4-10H2,1-3H3;1H/t12-;/m0./s1. The van der Waals surface area contributed by atoms with Gasteiger partial charge in [0.15, 0.2) is 0 Å². The number of piperidine rings is 1. The molecule has 1 amide bonds. The fourth-order valence-electron chi connectivity index (χ4n) is 3.08. The van der Waals surface area contributed by atoms with Gasteiger partial charge >= 0.3 is 0 Å². The molecule has 1 atom stereocenters. The molecule has 0 unspecified atom stereocenters. The molecule has 18 heavy (non-hydrogen) atoms. The summed E-state index contributed by atoms with van der Waals surface area (Å²) in [6, 6.07) is 0.112. The third kappa shape index (κ3) is 3.61. The topological polar surface area (TPSA) is 32.3 Å². The smallest absolute Gasteiger partial charge is 0.239 e. The summed E-state index contributed by atoms with van der Waals surface area (Å²) in [5.74, 6) is 1.11. The Hall–Kier alpha value is -0.280. The third-order valence-electron chi connectivity index (χ3n) is 4.39. The Morgan fingerprint density at radius 1 is 1.17 bits per heavy atom. The van der Waals surface area contributed by atoms with Crippen LogP contribution in [-0.2, 0) is 4.79 Å². The summed E-state index contributed by atoms with van der Waals surface area (Å²) >= 11 is 0. The zero-order chi connectivity index (χ0) is 12.5. The Morgan fingerprint density at radius 3 is 2.22 bits per heavy atom. The van der Waals surface area contributed by atoms with Gasteiger partial charge in [-0.1, -0.05) is 20.8 Å². The molecule has 0 aliphatic carbocycles. The first-order chi connectivity index (χ1) is 7.98. The summed E-state index contributed by atoms with van der Waals surface area (Å²) in [7, 11) is 0. The highest BCUT2D eigenvalue weighted by Crippen LogP contribution is 2.34. The lowest BCUT2D eigenvalue weighted by Crippen LogP contribution is -2.48. The lowest BCUT2D eigenvalue weighted by Gasteiger charge is -2.39. The van der Waals surface area contributed by atoms with Crippen LogP contribution in [0.15, 0.2) is 0 Å². The average Bonchev–Trinajstić information content (AvgIpc) is 2.80. The van der Waals surface area contributed by atoms with Crippen molar-refractivity contribution in [3.63, 3.8) is 0 Å². The number of rotatable bonds is 1. The van der Waals surface area contributed by atoms with E-state index in [4.69, 9.17) is 0 Å². The van der Waals surface area contributed by atoms with Crippen molar-refractivity contribution in [1.82, 2.24) is 10.2 Å². The molecule has 1 N–H and O–H groups in total. The maximum absolute atomic E-state index is 12.2. The van der Waals surface area contributed by atoms with Crippen molar-refractivity contribution < 1.29 is 4.79 Å². The van der Waals surface area contributed by atoms with Crippen LogP contribution in [0.4, 0.5) is 0 Å². The number of likely N-dealkylation sites (tertiary alicyclic amines) is 1. The minimum absolute atomic E-state index is 0. The first-order valence-electron chi connectivity index (χ1n) is 7.00. The second kappa shape index (κ2) is 6.25. The van der Waals surface area contributed by atoms with E-state index in [-0.39, 0.29) is 18.4 Å². The number of hydrogen-bond donors (Lipinski definition) is 1. The number of hydrogen-bond acceptors (Lipinski definition) is 2. The fraction of sp³-hybridized carbons (Fsp3) is 0.929. The molecule has 0 aromatic heterocycles. The molecule has 3 nitrogen and oxygen atoms in total. The van der Waals surface area contributed by atoms with E-state index >= 15 is 0 Å². The van der Waals surface area contributed by atoms with Crippen molar-refractivity contribution in [2.75, 3.05) is 19.6 Å². The third-order valence-corrected chi connectivity index (χ3v) is 4.39. The molecule has 0 saturated carbocycles. The van der Waals surface area contributed by atoms with E-state index in [1.54, 1.807) is 0 Å². The Kier molecular flexibility index (Phi) is 5.47. The van der Waals surface area contributed by atoms with E-state index < -0.39 is 0 Å². The molecule has 0 bridgehead atoms. The van der Waals surface area contributed by atoms with E-state index in [0.29, 0.717) is 11.3 Å². The molecule has 106 valence electrons. The fourth-order valence-corrected chi connectivity index (χ4v) is 3.08. The number of nitrogens with one attached hydrogen (secondary N) is 1. The molecule has 2 aliphatic rings. The Morgan fingerprint density at radius 2 is 1.78 bits per heavy atom. The minimum atomic E-state index is 0. The Bertz CT molecular complexity index is 274. The largest absolute Gasteiger partial charge is 0.341 e. The molecule has 2 fully saturated rings. The molecule has 0 aromatic rings. The van der Waals surface area contributed by atoms with Crippen LogP contribution < -0.4 is 5.32 Å². The van der Waals surface area contributed by atoms with E-state index in [9.17, 15) is 4.79 Å². The lowest BCUT2D eigenvalue weighted by atomic mass is 9.75. The van der Waals surface area contributed by atoms with Crippen LogP contribution in [0.2, 0.25) is 0 Å². The first-order valence-corrected chi connectivity index (χ1v) is 7.00. The molecule has 0 spiro atoms. The van der Waals surface area contributed by atoms with Gasteiger partial charge in [0.2, 0.25) is 5.91 Å². The monoisotopic (exact) mass is 274 g/mol. The van der Waals surface area contributed by atoms with Gasteiger partial charge in [-0.05, 0) is 43.6 Å². The van der Waals surface area contributed by atoms with Crippen LogP contribution in [0.1, 0.15) is 46.5 Å². The number of amides is 1. The number of carbonyl (C=O) groups excluding carboxylic acids is 1. The van der Waals surface area contributed by atoms with Gasteiger partial charge in [-0.25, -0.2) is 0 Å². The highest BCUT2D eigenvalue weighted by Gasteiger charge is 2.33. The molecule has 0 radical (unpaired) electrons. The second-order valence-corrected chi connectivity index (χ2v) is 6.61. The molecule has 2 heterocycles. The molecule has 0 aromatic carbocycles. The summed E-state index contributed by atoms with van der Waals surface area (Å²) in [6.45, 7) is 9.86. The van der Waals surface area contributed by atoms with Gasteiger partial charge in [-0.15, -0.1) is 12.4 Å². The van der Waals surface area contributed by atoms with Crippen molar-refractivity contribution in [2.24, 2.45) is 11.3 Å². The average molecular weight is 275 g/mol. The van der Waals surface area contributed by atoms with Crippen LogP contribution in [0.5, 0.6) is 0 Å². The molecular formula is C14H27ClN2O. The molecule has 2 aliphatic heterocycles. The van der Waals surface area contributed by atoms with Gasteiger partial charge in [0.25, 0.3) is 0 Å². The van der Waals surface area contributed by atoms with Gasteiger partial charge < -0.3 is 10.2 Å². The summed E-state index contributed by atoms with van der Waals surface area (Å²) in [6.07, 6.45) is 4.51. The van der Waals surface area contributed by atoms with Crippen molar-refractivity contribution in [1.29, 1.82) is 0 Å². The van der Waals surface area contributed by atoms with Gasteiger partial charge in [-0.2, -0.15) is 0 Å². The molecular weight excluding hydrogens is 248 g/mol. The molecule has 2 saturated heterocycles. The van der Waals surface area contributed by atoms with Crippen LogP contribution in [0, 0.1) is 11.3 Å². The second-order valence-electron chi connectivity index (χ2n) is 6.61. The van der Waals surface area contributed by atoms with E-state index in [1.165, 1.54) is 12.8 Å². The molecule has 4 heteroatoms. The van der Waals surface area contributed by atoms with E-state index in [2.05, 4.69) is 31.0 Å². The van der Waals surface area contributed by atoms with Crippen LogP contribution in [-0.4, -0.2) is 36.5 Å². The molecule has 2 rings (SSSR count). The van der Waals surface area contributed by atoms with Crippen molar-refractivity contribution >= 4 is 18.3 Å². The maximum atomic E-state index is 12.2. The van der Waals surface area contributed by atoms with Crippen molar-refractivity contribution in [2.45, 2.75) is 52.5 Å². The zero-order valence-electron chi connectivity index (χ0n) is 11.9. The summed E-state index contributed by atoms with van der Waals surface area (Å²) in [5, 5.41) is 3.30. The van der Waals surface area contributed by atoms with E-state index in [1.807, 2.05) is 0 Å². The van der Waals surface area contributed by atoms with Crippen molar-refractivity contribution in [3.05, 3.63) is 0 Å². The van der Waals surface area contributed by atoms with Crippen LogP contribution >= 0.6 is 12.4 Å². The van der Waals surface area contributed by atoms with Crippen molar-refractivity contribution in [3.8, 4) is 0 Å². The predicted molar refractivity (Wildman–Crippen MR) is 77.0 cm³/mol. The number of halogens is 1. The van der Waals surface area contributed by atoms with Gasteiger partial charge in [0, 0.05) is 13.1 Å².